The zero-order valence-corrected chi connectivity index (χ0v) is 8.88. The lowest BCUT2D eigenvalue weighted by Gasteiger charge is -2.26. The van der Waals surface area contributed by atoms with E-state index in [1.807, 2.05) is 0 Å². The number of hydrogen-bond acceptors (Lipinski definition) is 3. The molecule has 1 aliphatic rings. The molecular weight excluding hydrogens is 237 g/mol. The monoisotopic (exact) mass is 248 g/mol. The second-order valence-corrected chi connectivity index (χ2v) is 3.74. The fourth-order valence-corrected chi connectivity index (χ4v) is 1.62. The van der Waals surface area contributed by atoms with Crippen molar-refractivity contribution in [2.24, 2.45) is 0 Å². The molecule has 1 amide bonds. The quantitative estimate of drug-likeness (QED) is 0.815. The van der Waals surface area contributed by atoms with Gasteiger partial charge in [-0.2, -0.15) is 13.2 Å². The summed E-state index contributed by atoms with van der Waals surface area (Å²) in [5.41, 5.74) is -0.934. The average molecular weight is 248 g/mol. The first kappa shape index (κ1) is 12.0. The van der Waals surface area contributed by atoms with Crippen LogP contribution < -0.4 is 5.32 Å². The summed E-state index contributed by atoms with van der Waals surface area (Å²) in [6, 6.07) is 0.740. The van der Waals surface area contributed by atoms with Crippen molar-refractivity contribution in [1.82, 2.24) is 10.2 Å². The van der Waals surface area contributed by atoms with E-state index >= 15 is 0 Å². The predicted molar refractivity (Wildman–Crippen MR) is 52.5 cm³/mol. The van der Waals surface area contributed by atoms with Crippen molar-refractivity contribution in [1.29, 1.82) is 0 Å². The normalized spacial score (nSPS) is 17.2. The van der Waals surface area contributed by atoms with Crippen molar-refractivity contribution < 1.29 is 22.4 Å². The van der Waals surface area contributed by atoms with E-state index in [2.05, 4.69) is 9.73 Å². The van der Waals surface area contributed by atoms with Crippen molar-refractivity contribution in [3.8, 4) is 0 Å². The molecule has 17 heavy (non-hydrogen) atoms. The van der Waals surface area contributed by atoms with Crippen LogP contribution in [0.5, 0.6) is 0 Å². The van der Waals surface area contributed by atoms with Gasteiger partial charge in [-0.3, -0.25) is 4.79 Å². The number of rotatable bonds is 1. The number of carbonyl (C=O) groups excluding carboxylic acids is 1. The fraction of sp³-hybridized carbons (Fsp3) is 0.500. The van der Waals surface area contributed by atoms with Crippen LogP contribution in [0.2, 0.25) is 0 Å². The number of nitrogens with zero attached hydrogens (tertiary/aromatic N) is 1. The van der Waals surface area contributed by atoms with Crippen LogP contribution in [0.25, 0.3) is 0 Å². The van der Waals surface area contributed by atoms with Crippen molar-refractivity contribution in [2.45, 2.75) is 6.18 Å². The maximum absolute atomic E-state index is 12.3. The van der Waals surface area contributed by atoms with Crippen LogP contribution in [0.3, 0.4) is 0 Å². The first-order valence-electron chi connectivity index (χ1n) is 5.14. The largest absolute Gasteiger partial charge is 0.459 e. The Kier molecular flexibility index (Phi) is 3.10. The van der Waals surface area contributed by atoms with E-state index in [4.69, 9.17) is 0 Å². The molecule has 2 heterocycles. The molecule has 1 saturated heterocycles. The molecule has 0 atom stereocenters. The van der Waals surface area contributed by atoms with Crippen LogP contribution in [0, 0.1) is 0 Å². The Morgan fingerprint density at radius 2 is 2.00 bits per heavy atom. The molecule has 0 saturated carbocycles. The summed E-state index contributed by atoms with van der Waals surface area (Å²) < 4.78 is 41.6. The van der Waals surface area contributed by atoms with Gasteiger partial charge in [-0.15, -0.1) is 0 Å². The van der Waals surface area contributed by atoms with Crippen LogP contribution in [0.15, 0.2) is 16.7 Å². The van der Waals surface area contributed by atoms with Gasteiger partial charge in [0.15, 0.2) is 5.76 Å². The Labute approximate surface area is 95.4 Å². The highest BCUT2D eigenvalue weighted by Gasteiger charge is 2.34. The van der Waals surface area contributed by atoms with Crippen molar-refractivity contribution in [2.75, 3.05) is 26.2 Å². The van der Waals surface area contributed by atoms with E-state index in [0.29, 0.717) is 32.4 Å². The zero-order chi connectivity index (χ0) is 12.5. The summed E-state index contributed by atoms with van der Waals surface area (Å²) in [4.78, 5) is 13.2. The Hall–Kier alpha value is -1.50. The van der Waals surface area contributed by atoms with Crippen LogP contribution in [0.4, 0.5) is 13.2 Å². The molecule has 1 aliphatic heterocycles. The van der Waals surface area contributed by atoms with Gasteiger partial charge in [0.2, 0.25) is 0 Å². The van der Waals surface area contributed by atoms with Gasteiger partial charge in [0.1, 0.15) is 6.26 Å². The minimum atomic E-state index is -4.48. The highest BCUT2D eigenvalue weighted by Crippen LogP contribution is 2.30. The number of piperazine rings is 1. The first-order valence-corrected chi connectivity index (χ1v) is 5.14. The summed E-state index contributed by atoms with van der Waals surface area (Å²) in [5.74, 6) is -0.763. The molecule has 0 spiro atoms. The first-order chi connectivity index (χ1) is 7.98. The van der Waals surface area contributed by atoms with Crippen LogP contribution in [-0.2, 0) is 6.18 Å². The van der Waals surface area contributed by atoms with Crippen molar-refractivity contribution >= 4 is 5.91 Å². The van der Waals surface area contributed by atoms with Gasteiger partial charge in [0, 0.05) is 32.2 Å². The third kappa shape index (κ3) is 2.60. The minimum absolute atomic E-state index is 0.265. The summed E-state index contributed by atoms with van der Waals surface area (Å²) >= 11 is 0. The number of amides is 1. The Balaban J connectivity index is 2.11. The number of halogens is 3. The minimum Gasteiger partial charge on any atom is -0.459 e. The molecule has 7 heteroatoms. The number of alkyl halides is 3. The molecule has 1 N–H and O–H groups in total. The second kappa shape index (κ2) is 4.40. The zero-order valence-electron chi connectivity index (χ0n) is 8.88. The fourth-order valence-electron chi connectivity index (χ4n) is 1.62. The van der Waals surface area contributed by atoms with E-state index < -0.39 is 17.6 Å². The van der Waals surface area contributed by atoms with E-state index in [-0.39, 0.29) is 5.76 Å². The number of hydrogen-bond donors (Lipinski definition) is 1. The van der Waals surface area contributed by atoms with E-state index in [9.17, 15) is 18.0 Å². The molecule has 0 radical (unpaired) electrons. The van der Waals surface area contributed by atoms with Crippen LogP contribution in [-0.4, -0.2) is 37.0 Å². The smallest absolute Gasteiger partial charge is 0.419 e. The molecule has 2 rings (SSSR count). The number of nitrogens with one attached hydrogen (secondary N) is 1. The van der Waals surface area contributed by atoms with Crippen molar-refractivity contribution in [3.05, 3.63) is 23.7 Å². The van der Waals surface area contributed by atoms with Crippen LogP contribution in [0.1, 0.15) is 16.1 Å². The Bertz CT molecular complexity index is 408. The van der Waals surface area contributed by atoms with Gasteiger partial charge >= 0.3 is 6.18 Å². The highest BCUT2D eigenvalue weighted by atomic mass is 19.4. The molecular formula is C10H11F3N2O2. The summed E-state index contributed by atoms with van der Waals surface area (Å²) in [7, 11) is 0. The van der Waals surface area contributed by atoms with Gasteiger partial charge < -0.3 is 14.6 Å². The lowest BCUT2D eigenvalue weighted by Crippen LogP contribution is -2.46. The Morgan fingerprint density at radius 3 is 2.53 bits per heavy atom. The molecule has 0 bridgehead atoms. The van der Waals surface area contributed by atoms with E-state index in [0.717, 1.165) is 6.07 Å². The van der Waals surface area contributed by atoms with Gasteiger partial charge in [0.05, 0.1) is 5.56 Å². The standard InChI is InChI=1S/C10H11F3N2O2/c11-10(12,13)7-5-8(17-6-7)9(16)15-3-1-14-2-4-15/h5-6,14H,1-4H2. The van der Waals surface area contributed by atoms with E-state index in [1.54, 1.807) is 0 Å². The molecule has 0 aliphatic carbocycles. The van der Waals surface area contributed by atoms with E-state index in [1.165, 1.54) is 4.90 Å². The van der Waals surface area contributed by atoms with Gasteiger partial charge in [-0.25, -0.2) is 0 Å². The molecule has 0 unspecified atom stereocenters. The van der Waals surface area contributed by atoms with Crippen molar-refractivity contribution in [3.63, 3.8) is 0 Å². The average Bonchev–Trinajstić information content (AvgIpc) is 2.78. The molecule has 1 aromatic rings. The molecule has 0 aromatic carbocycles. The highest BCUT2D eigenvalue weighted by molar-refractivity contribution is 5.91. The second-order valence-electron chi connectivity index (χ2n) is 3.74. The van der Waals surface area contributed by atoms with Gasteiger partial charge in [-0.05, 0) is 0 Å². The maximum atomic E-state index is 12.3. The molecule has 1 aromatic heterocycles. The summed E-state index contributed by atoms with van der Waals surface area (Å²) in [5, 5.41) is 3.05. The van der Waals surface area contributed by atoms with Crippen LogP contribution >= 0.6 is 0 Å². The summed E-state index contributed by atoms with van der Waals surface area (Å²) in [6.07, 6.45) is -3.92. The van der Waals surface area contributed by atoms with Gasteiger partial charge in [-0.1, -0.05) is 0 Å². The maximum Gasteiger partial charge on any atom is 0.419 e. The topological polar surface area (TPSA) is 45.5 Å². The number of carbonyl (C=O) groups is 1. The third-order valence-electron chi connectivity index (χ3n) is 2.54. The lowest BCUT2D eigenvalue weighted by molar-refractivity contribution is -0.137. The van der Waals surface area contributed by atoms with Gasteiger partial charge in [0.25, 0.3) is 5.91 Å². The molecule has 4 nitrogen and oxygen atoms in total. The Morgan fingerprint density at radius 1 is 1.35 bits per heavy atom. The summed E-state index contributed by atoms with van der Waals surface area (Å²) in [6.45, 7) is 2.22. The molecule has 94 valence electrons. The SMILES string of the molecule is O=C(c1cc(C(F)(F)F)co1)N1CCNCC1. The predicted octanol–water partition coefficient (Wildman–Crippen LogP) is 1.34. The third-order valence-corrected chi connectivity index (χ3v) is 2.54. The lowest BCUT2D eigenvalue weighted by atomic mass is 10.2. The number of furan rings is 1. The molecule has 1 fully saturated rings.